The first kappa shape index (κ1) is 10.7. The van der Waals surface area contributed by atoms with Crippen LogP contribution in [-0.4, -0.2) is 16.2 Å². The van der Waals surface area contributed by atoms with Crippen molar-refractivity contribution in [1.82, 2.24) is 5.16 Å². The third-order valence-electron chi connectivity index (χ3n) is 1.88. The van der Waals surface area contributed by atoms with E-state index >= 15 is 0 Å². The fourth-order valence-electron chi connectivity index (χ4n) is 1.16. The van der Waals surface area contributed by atoms with Crippen molar-refractivity contribution in [2.24, 2.45) is 0 Å². The van der Waals surface area contributed by atoms with Crippen LogP contribution in [0.25, 0.3) is 0 Å². The molecule has 0 bridgehead atoms. The molecule has 5 nitrogen and oxygen atoms in total. The average Bonchev–Trinajstić information content (AvgIpc) is 2.70. The summed E-state index contributed by atoms with van der Waals surface area (Å²) in [5.74, 6) is -0.249. The second kappa shape index (κ2) is 4.36. The van der Waals surface area contributed by atoms with Crippen molar-refractivity contribution in [2.75, 3.05) is 5.32 Å². The van der Waals surface area contributed by atoms with Gasteiger partial charge < -0.3 is 14.9 Å². The minimum atomic E-state index is -0.445. The van der Waals surface area contributed by atoms with Crippen molar-refractivity contribution < 1.29 is 14.4 Å². The topological polar surface area (TPSA) is 75.4 Å². The van der Waals surface area contributed by atoms with E-state index in [1.807, 2.05) is 0 Å². The highest BCUT2D eigenvalue weighted by atomic mass is 79.9. The molecular weight excluding hydrogens is 276 g/mol. The Hall–Kier alpha value is -1.82. The number of phenolic OH excluding ortho intramolecular Hbond substituents is 1. The molecule has 6 heteroatoms. The number of aromatic hydroxyl groups is 1. The number of phenols is 1. The Morgan fingerprint density at radius 2 is 2.25 bits per heavy atom. The predicted octanol–water partition coefficient (Wildman–Crippen LogP) is 2.40. The van der Waals surface area contributed by atoms with Crippen LogP contribution in [0, 0.1) is 0 Å². The lowest BCUT2D eigenvalue weighted by molar-refractivity contribution is 0.102. The molecule has 1 aromatic carbocycles. The van der Waals surface area contributed by atoms with E-state index in [-0.39, 0.29) is 11.3 Å². The Kier molecular flexibility index (Phi) is 2.91. The van der Waals surface area contributed by atoms with Crippen LogP contribution in [0.4, 0.5) is 5.82 Å². The summed E-state index contributed by atoms with van der Waals surface area (Å²) in [7, 11) is 0. The molecule has 82 valence electrons. The van der Waals surface area contributed by atoms with Crippen molar-refractivity contribution in [2.45, 2.75) is 0 Å². The minimum Gasteiger partial charge on any atom is -0.507 e. The van der Waals surface area contributed by atoms with Gasteiger partial charge in [-0.2, -0.15) is 0 Å². The van der Waals surface area contributed by atoms with Gasteiger partial charge in [0, 0.05) is 10.5 Å². The molecule has 0 aliphatic rings. The van der Waals surface area contributed by atoms with Gasteiger partial charge in [-0.05, 0) is 18.2 Å². The van der Waals surface area contributed by atoms with Gasteiger partial charge in [0.1, 0.15) is 12.0 Å². The molecule has 2 aromatic rings. The number of nitrogens with zero attached hydrogens (tertiary/aromatic N) is 1. The van der Waals surface area contributed by atoms with Gasteiger partial charge in [0.05, 0.1) is 5.56 Å². The molecule has 2 N–H and O–H groups in total. The van der Waals surface area contributed by atoms with E-state index in [9.17, 15) is 9.90 Å². The highest BCUT2D eigenvalue weighted by molar-refractivity contribution is 9.10. The van der Waals surface area contributed by atoms with Gasteiger partial charge in [-0.25, -0.2) is 0 Å². The molecule has 0 aliphatic carbocycles. The molecule has 0 atom stereocenters. The Morgan fingerprint density at radius 1 is 1.44 bits per heavy atom. The highest BCUT2D eigenvalue weighted by Gasteiger charge is 2.12. The SMILES string of the molecule is O=C(Nc1ccon1)c1ccc(Br)cc1O. The normalized spacial score (nSPS) is 10.1. The number of carbonyl (C=O) groups is 1. The number of rotatable bonds is 2. The lowest BCUT2D eigenvalue weighted by atomic mass is 10.2. The van der Waals surface area contributed by atoms with Crippen LogP contribution < -0.4 is 5.32 Å². The zero-order valence-electron chi connectivity index (χ0n) is 7.98. The van der Waals surface area contributed by atoms with Crippen molar-refractivity contribution in [3.63, 3.8) is 0 Å². The fraction of sp³-hybridized carbons (Fsp3) is 0. The zero-order chi connectivity index (χ0) is 11.5. The van der Waals surface area contributed by atoms with Gasteiger partial charge >= 0.3 is 0 Å². The van der Waals surface area contributed by atoms with Gasteiger partial charge in [-0.3, -0.25) is 4.79 Å². The second-order valence-electron chi connectivity index (χ2n) is 3.00. The molecule has 1 aromatic heterocycles. The first-order valence-corrected chi connectivity index (χ1v) is 5.16. The number of anilines is 1. The smallest absolute Gasteiger partial charge is 0.260 e. The highest BCUT2D eigenvalue weighted by Crippen LogP contribution is 2.22. The molecular formula is C10H7BrN2O3. The summed E-state index contributed by atoms with van der Waals surface area (Å²) in [5, 5.41) is 15.6. The van der Waals surface area contributed by atoms with E-state index in [4.69, 9.17) is 0 Å². The van der Waals surface area contributed by atoms with E-state index in [1.54, 1.807) is 6.07 Å². The zero-order valence-corrected chi connectivity index (χ0v) is 9.56. The van der Waals surface area contributed by atoms with Gasteiger partial charge in [-0.1, -0.05) is 21.1 Å². The molecule has 0 aliphatic heterocycles. The van der Waals surface area contributed by atoms with E-state index in [0.29, 0.717) is 10.3 Å². The molecule has 0 spiro atoms. The van der Waals surface area contributed by atoms with Crippen LogP contribution in [0.3, 0.4) is 0 Å². The number of halogens is 1. The lowest BCUT2D eigenvalue weighted by Gasteiger charge is -2.04. The number of hydrogen-bond donors (Lipinski definition) is 2. The van der Waals surface area contributed by atoms with E-state index in [2.05, 4.69) is 30.9 Å². The van der Waals surface area contributed by atoms with E-state index in [0.717, 1.165) is 0 Å². The average molecular weight is 283 g/mol. The number of hydrogen-bond acceptors (Lipinski definition) is 4. The van der Waals surface area contributed by atoms with E-state index < -0.39 is 5.91 Å². The molecule has 1 amide bonds. The molecule has 16 heavy (non-hydrogen) atoms. The van der Waals surface area contributed by atoms with Gasteiger partial charge in [0.2, 0.25) is 0 Å². The van der Waals surface area contributed by atoms with Crippen LogP contribution in [0.1, 0.15) is 10.4 Å². The molecule has 2 rings (SSSR count). The number of nitrogens with one attached hydrogen (secondary N) is 1. The van der Waals surface area contributed by atoms with Gasteiger partial charge in [-0.15, -0.1) is 0 Å². The summed E-state index contributed by atoms with van der Waals surface area (Å²) in [5.41, 5.74) is 0.172. The standard InChI is InChI=1S/C10H7BrN2O3/c11-6-1-2-7(8(14)5-6)10(15)12-9-3-4-16-13-9/h1-5,14H,(H,12,13,15). The Bertz CT molecular complexity index is 511. The molecule has 0 radical (unpaired) electrons. The minimum absolute atomic E-state index is 0.102. The number of aromatic nitrogens is 1. The summed E-state index contributed by atoms with van der Waals surface area (Å²) in [6, 6.07) is 6.12. The van der Waals surface area contributed by atoms with Crippen molar-refractivity contribution >= 4 is 27.7 Å². The molecule has 0 saturated carbocycles. The molecule has 0 unspecified atom stereocenters. The van der Waals surface area contributed by atoms with Gasteiger partial charge in [0.25, 0.3) is 5.91 Å². The lowest BCUT2D eigenvalue weighted by Crippen LogP contribution is -2.12. The maximum atomic E-state index is 11.7. The summed E-state index contributed by atoms with van der Waals surface area (Å²) >= 11 is 3.19. The Morgan fingerprint density at radius 3 is 2.88 bits per heavy atom. The number of benzene rings is 1. The van der Waals surface area contributed by atoms with Crippen LogP contribution in [0.15, 0.2) is 39.5 Å². The third kappa shape index (κ3) is 2.22. The maximum absolute atomic E-state index is 11.7. The monoisotopic (exact) mass is 282 g/mol. The first-order chi connectivity index (χ1) is 7.66. The molecule has 0 fully saturated rings. The largest absolute Gasteiger partial charge is 0.507 e. The van der Waals surface area contributed by atoms with Crippen LogP contribution in [0.2, 0.25) is 0 Å². The van der Waals surface area contributed by atoms with Crippen LogP contribution >= 0.6 is 15.9 Å². The number of amides is 1. The summed E-state index contributed by atoms with van der Waals surface area (Å²) in [6.07, 6.45) is 1.34. The summed E-state index contributed by atoms with van der Waals surface area (Å²) < 4.78 is 5.26. The van der Waals surface area contributed by atoms with Crippen molar-refractivity contribution in [3.05, 3.63) is 40.6 Å². The predicted molar refractivity (Wildman–Crippen MR) is 60.3 cm³/mol. The fourth-order valence-corrected chi connectivity index (χ4v) is 1.51. The second-order valence-corrected chi connectivity index (χ2v) is 3.92. The molecule has 0 saturated heterocycles. The third-order valence-corrected chi connectivity index (χ3v) is 2.38. The summed E-state index contributed by atoms with van der Waals surface area (Å²) in [6.45, 7) is 0. The van der Waals surface area contributed by atoms with Gasteiger partial charge in [0.15, 0.2) is 5.82 Å². The summed E-state index contributed by atoms with van der Waals surface area (Å²) in [4.78, 5) is 11.7. The number of carbonyl (C=O) groups excluding carboxylic acids is 1. The van der Waals surface area contributed by atoms with Crippen LogP contribution in [-0.2, 0) is 0 Å². The van der Waals surface area contributed by atoms with E-state index in [1.165, 1.54) is 24.5 Å². The first-order valence-electron chi connectivity index (χ1n) is 4.37. The Balaban J connectivity index is 2.21. The van der Waals surface area contributed by atoms with Crippen molar-refractivity contribution in [3.8, 4) is 5.75 Å². The maximum Gasteiger partial charge on any atom is 0.260 e. The quantitative estimate of drug-likeness (QED) is 0.887. The van der Waals surface area contributed by atoms with Crippen molar-refractivity contribution in [1.29, 1.82) is 0 Å². The Labute approximate surface area is 99.2 Å². The molecule has 1 heterocycles. The van der Waals surface area contributed by atoms with Crippen LogP contribution in [0.5, 0.6) is 5.75 Å².